The molecule has 7 nitrogen and oxygen atoms in total. The van der Waals surface area contributed by atoms with Crippen LogP contribution in [0.1, 0.15) is 44.3 Å². The number of methoxy groups -OCH3 is 2. The number of fused-ring (bicyclic) bond motifs is 1. The van der Waals surface area contributed by atoms with Crippen molar-refractivity contribution in [3.8, 4) is 11.5 Å². The summed E-state index contributed by atoms with van der Waals surface area (Å²) in [5, 5.41) is 2.48. The number of Topliss-reactive ketones (excluding diaryl/α,β-unsaturated/α-hetero) is 1. The number of halogens is 1. The number of nitrogens with one attached hydrogen (secondary N) is 2. The molecule has 2 aromatic carbocycles. The minimum Gasteiger partial charge on any atom is -0.493 e. The van der Waals surface area contributed by atoms with Gasteiger partial charge in [-0.25, -0.2) is 4.39 Å². The molecular weight excluding hydrogens is 415 g/mol. The molecule has 0 aliphatic heterocycles. The van der Waals surface area contributed by atoms with E-state index in [1.807, 2.05) is 12.1 Å². The van der Waals surface area contributed by atoms with Gasteiger partial charge in [0.2, 0.25) is 0 Å². The van der Waals surface area contributed by atoms with Crippen molar-refractivity contribution in [1.29, 1.82) is 0 Å². The molecule has 0 radical (unpaired) electrons. The van der Waals surface area contributed by atoms with Gasteiger partial charge >= 0.3 is 0 Å². The Morgan fingerprint density at radius 1 is 1.03 bits per heavy atom. The third-order valence-electron chi connectivity index (χ3n) is 5.51. The molecule has 0 unspecified atom stereocenters. The van der Waals surface area contributed by atoms with Gasteiger partial charge in [0.05, 0.1) is 14.2 Å². The number of H-pyrrole nitrogens is 1. The van der Waals surface area contributed by atoms with Crippen LogP contribution in [-0.2, 0) is 6.42 Å². The average molecular weight is 436 g/mol. The first-order chi connectivity index (χ1) is 15.4. The average Bonchev–Trinajstić information content (AvgIpc) is 2.78. The van der Waals surface area contributed by atoms with E-state index >= 15 is 0 Å². The minimum atomic E-state index is -0.713. The zero-order valence-electron chi connectivity index (χ0n) is 17.5. The van der Waals surface area contributed by atoms with Crippen molar-refractivity contribution < 1.29 is 23.5 Å². The maximum absolute atomic E-state index is 13.4. The Kier molecular flexibility index (Phi) is 5.77. The number of hydrogen-bond donors (Lipinski definition) is 2. The van der Waals surface area contributed by atoms with E-state index in [9.17, 15) is 18.8 Å². The number of pyridine rings is 1. The molecule has 0 spiro atoms. The molecule has 8 heteroatoms. The van der Waals surface area contributed by atoms with Gasteiger partial charge in [-0.2, -0.15) is 0 Å². The molecular formula is C24H21FN2O5. The van der Waals surface area contributed by atoms with E-state index in [0.717, 1.165) is 11.6 Å². The Bertz CT molecular complexity index is 1270. The van der Waals surface area contributed by atoms with E-state index in [1.54, 1.807) is 13.2 Å². The number of benzene rings is 2. The number of hydrogen-bond acceptors (Lipinski definition) is 5. The van der Waals surface area contributed by atoms with Crippen molar-refractivity contribution in [2.75, 3.05) is 19.5 Å². The van der Waals surface area contributed by atoms with Gasteiger partial charge in [-0.3, -0.25) is 14.4 Å². The minimum absolute atomic E-state index is 0.155. The predicted octanol–water partition coefficient (Wildman–Crippen LogP) is 3.70. The van der Waals surface area contributed by atoms with Crippen LogP contribution in [0.2, 0.25) is 0 Å². The first-order valence-corrected chi connectivity index (χ1v) is 9.98. The molecule has 1 amide bonds. The summed E-state index contributed by atoms with van der Waals surface area (Å²) in [6.07, 6.45) is 0.650. The summed E-state index contributed by atoms with van der Waals surface area (Å²) >= 11 is 0. The highest BCUT2D eigenvalue weighted by Gasteiger charge is 2.29. The molecule has 3 aromatic rings. The molecule has 164 valence electrons. The van der Waals surface area contributed by atoms with E-state index in [4.69, 9.17) is 9.47 Å². The lowest BCUT2D eigenvalue weighted by molar-refractivity contribution is 0.0963. The Hall–Kier alpha value is -3.94. The fraction of sp³-hybridized carbons (Fsp3) is 0.208. The van der Waals surface area contributed by atoms with E-state index in [1.165, 1.54) is 31.4 Å². The zero-order chi connectivity index (χ0) is 22.8. The highest BCUT2D eigenvalue weighted by molar-refractivity contribution is 6.06. The Balaban J connectivity index is 1.61. The predicted molar refractivity (Wildman–Crippen MR) is 116 cm³/mol. The van der Waals surface area contributed by atoms with E-state index in [0.29, 0.717) is 29.2 Å². The Morgan fingerprint density at radius 3 is 2.53 bits per heavy atom. The standard InChI is InChI=1S/C24H21FN2O5/c1-31-21-7-6-13(10-22(21)32-2)14-8-19-17(20(28)9-14)12-18(24(30)27-19)23(29)26-16-5-3-4-15(25)11-16/h3-7,10-12,14H,8-9H2,1-2H3,(H,26,29)(H,27,30)/t14-/m0/s1. The normalized spacial score (nSPS) is 15.1. The molecule has 1 aliphatic rings. The third-order valence-corrected chi connectivity index (χ3v) is 5.51. The van der Waals surface area contributed by atoms with E-state index < -0.39 is 17.3 Å². The van der Waals surface area contributed by atoms with Crippen molar-refractivity contribution in [3.05, 3.63) is 87.1 Å². The third kappa shape index (κ3) is 4.12. The fourth-order valence-electron chi connectivity index (χ4n) is 3.91. The number of aromatic nitrogens is 1. The molecule has 2 N–H and O–H groups in total. The molecule has 0 fully saturated rings. The number of amides is 1. The van der Waals surface area contributed by atoms with Crippen molar-refractivity contribution in [3.63, 3.8) is 0 Å². The van der Waals surface area contributed by atoms with Crippen molar-refractivity contribution in [2.45, 2.75) is 18.8 Å². The summed E-state index contributed by atoms with van der Waals surface area (Å²) in [7, 11) is 3.08. The van der Waals surface area contributed by atoms with Crippen LogP contribution < -0.4 is 20.3 Å². The monoisotopic (exact) mass is 436 g/mol. The summed E-state index contributed by atoms with van der Waals surface area (Å²) in [5.41, 5.74) is 1.07. The Morgan fingerprint density at radius 2 is 1.81 bits per heavy atom. The van der Waals surface area contributed by atoms with E-state index in [2.05, 4.69) is 10.3 Å². The number of rotatable bonds is 5. The molecule has 1 heterocycles. The molecule has 0 saturated carbocycles. The van der Waals surface area contributed by atoms with Gasteiger partial charge in [-0.05, 0) is 54.3 Å². The molecule has 32 heavy (non-hydrogen) atoms. The quantitative estimate of drug-likeness (QED) is 0.636. The SMILES string of the molecule is COc1ccc([C@@H]2CC(=O)c3cc(C(=O)Nc4cccc(F)c4)c(=O)[nH]c3C2)cc1OC. The summed E-state index contributed by atoms with van der Waals surface area (Å²) in [4.78, 5) is 40.7. The fourth-order valence-corrected chi connectivity index (χ4v) is 3.91. The molecule has 1 aromatic heterocycles. The number of ketones is 1. The van der Waals surface area contributed by atoms with E-state index in [-0.39, 0.29) is 29.4 Å². The largest absolute Gasteiger partial charge is 0.493 e. The van der Waals surface area contributed by atoms with Crippen LogP contribution in [-0.4, -0.2) is 30.9 Å². The maximum Gasteiger partial charge on any atom is 0.261 e. The molecule has 4 rings (SSSR count). The number of anilines is 1. The smallest absolute Gasteiger partial charge is 0.261 e. The van der Waals surface area contributed by atoms with Gasteiger partial charge in [0, 0.05) is 23.4 Å². The lowest BCUT2D eigenvalue weighted by Gasteiger charge is -2.24. The molecule has 0 bridgehead atoms. The number of aromatic amines is 1. The van der Waals surface area contributed by atoms with Crippen LogP contribution in [0.4, 0.5) is 10.1 Å². The summed E-state index contributed by atoms with van der Waals surface area (Å²) in [6, 6.07) is 12.1. The van der Waals surface area contributed by atoms with Crippen molar-refractivity contribution in [2.24, 2.45) is 0 Å². The second-order valence-electron chi connectivity index (χ2n) is 7.51. The van der Waals surface area contributed by atoms with Gasteiger partial charge < -0.3 is 19.8 Å². The number of ether oxygens (including phenoxy) is 2. The van der Waals surface area contributed by atoms with Crippen molar-refractivity contribution >= 4 is 17.4 Å². The topological polar surface area (TPSA) is 97.5 Å². The molecule has 1 atom stereocenters. The maximum atomic E-state index is 13.4. The van der Waals surface area contributed by atoms with Gasteiger partial charge in [-0.1, -0.05) is 12.1 Å². The van der Waals surface area contributed by atoms with Gasteiger partial charge in [0.1, 0.15) is 11.4 Å². The number of carbonyl (C=O) groups is 2. The molecule has 1 aliphatic carbocycles. The summed E-state index contributed by atoms with van der Waals surface area (Å²) < 4.78 is 24.0. The zero-order valence-corrected chi connectivity index (χ0v) is 17.5. The second-order valence-corrected chi connectivity index (χ2v) is 7.51. The lowest BCUT2D eigenvalue weighted by atomic mass is 9.81. The van der Waals surface area contributed by atoms with Crippen LogP contribution in [0, 0.1) is 5.82 Å². The Labute approximate surface area is 183 Å². The van der Waals surface area contributed by atoms with Crippen molar-refractivity contribution in [1.82, 2.24) is 4.98 Å². The first kappa shape index (κ1) is 21.3. The van der Waals surface area contributed by atoms with Gasteiger partial charge in [0.25, 0.3) is 11.5 Å². The second kappa shape index (κ2) is 8.66. The molecule has 0 saturated heterocycles. The van der Waals surface area contributed by atoms with Crippen LogP contribution in [0.15, 0.2) is 53.3 Å². The van der Waals surface area contributed by atoms with Gasteiger partial charge in [0.15, 0.2) is 17.3 Å². The van der Waals surface area contributed by atoms with Crippen LogP contribution in [0.25, 0.3) is 0 Å². The highest BCUT2D eigenvalue weighted by Crippen LogP contribution is 2.36. The van der Waals surface area contributed by atoms with Crippen LogP contribution in [0.3, 0.4) is 0 Å². The van der Waals surface area contributed by atoms with Crippen LogP contribution in [0.5, 0.6) is 11.5 Å². The van der Waals surface area contributed by atoms with Crippen LogP contribution >= 0.6 is 0 Å². The lowest BCUT2D eigenvalue weighted by Crippen LogP contribution is -2.29. The number of carbonyl (C=O) groups excluding carboxylic acids is 2. The highest BCUT2D eigenvalue weighted by atomic mass is 19.1. The summed E-state index contributed by atoms with van der Waals surface area (Å²) in [5.74, 6) is -0.422. The van der Waals surface area contributed by atoms with Gasteiger partial charge in [-0.15, -0.1) is 0 Å². The first-order valence-electron chi connectivity index (χ1n) is 9.98. The summed E-state index contributed by atoms with van der Waals surface area (Å²) in [6.45, 7) is 0.